The second-order valence-electron chi connectivity index (χ2n) is 3.88. The van der Waals surface area contributed by atoms with Crippen LogP contribution in [0.1, 0.15) is 18.9 Å². The zero-order valence-corrected chi connectivity index (χ0v) is 8.82. The Morgan fingerprint density at radius 1 is 1.69 bits per heavy atom. The lowest BCUT2D eigenvalue weighted by atomic mass is 10.3. The Balaban J connectivity index is 1.90. The van der Waals surface area contributed by atoms with E-state index < -0.39 is 0 Å². The SMILES string of the molecule is Cc1c(N)nsc1NCC1CC1C. The maximum atomic E-state index is 5.65. The number of nitrogens with one attached hydrogen (secondary N) is 1. The Morgan fingerprint density at radius 2 is 2.38 bits per heavy atom. The number of nitrogen functional groups attached to an aromatic ring is 1. The zero-order chi connectivity index (χ0) is 9.42. The molecule has 0 amide bonds. The molecule has 2 atom stereocenters. The first kappa shape index (κ1) is 8.81. The van der Waals surface area contributed by atoms with Crippen molar-refractivity contribution >= 4 is 22.4 Å². The highest BCUT2D eigenvalue weighted by molar-refractivity contribution is 7.10. The van der Waals surface area contributed by atoms with Crippen molar-refractivity contribution in [3.63, 3.8) is 0 Å². The average Bonchev–Trinajstić information content (AvgIpc) is 2.72. The van der Waals surface area contributed by atoms with Crippen LogP contribution in [-0.2, 0) is 0 Å². The number of hydrogen-bond acceptors (Lipinski definition) is 4. The molecule has 0 radical (unpaired) electrons. The van der Waals surface area contributed by atoms with Gasteiger partial charge in [-0.05, 0) is 36.7 Å². The number of aromatic nitrogens is 1. The minimum atomic E-state index is 0.663. The van der Waals surface area contributed by atoms with Gasteiger partial charge in [0.15, 0.2) is 0 Å². The van der Waals surface area contributed by atoms with Gasteiger partial charge in [0, 0.05) is 12.1 Å². The Kier molecular flexibility index (Phi) is 2.15. The Bertz CT molecular complexity index is 308. The Hall–Kier alpha value is -0.770. The molecule has 1 aliphatic rings. The molecule has 1 aromatic rings. The van der Waals surface area contributed by atoms with E-state index in [-0.39, 0.29) is 0 Å². The Labute approximate surface area is 82.5 Å². The molecular formula is C9H15N3S. The summed E-state index contributed by atoms with van der Waals surface area (Å²) in [5.74, 6) is 2.43. The van der Waals surface area contributed by atoms with E-state index in [2.05, 4.69) is 16.6 Å². The van der Waals surface area contributed by atoms with Gasteiger partial charge in [0.2, 0.25) is 0 Å². The molecule has 0 bridgehead atoms. The van der Waals surface area contributed by atoms with Crippen LogP contribution in [0.2, 0.25) is 0 Å². The first-order valence-corrected chi connectivity index (χ1v) is 5.41. The molecule has 1 aliphatic carbocycles. The highest BCUT2D eigenvalue weighted by Crippen LogP contribution is 2.38. The summed E-state index contributed by atoms with van der Waals surface area (Å²) >= 11 is 1.46. The summed E-state index contributed by atoms with van der Waals surface area (Å²) < 4.78 is 4.09. The molecule has 13 heavy (non-hydrogen) atoms. The maximum Gasteiger partial charge on any atom is 0.142 e. The standard InChI is InChI=1S/C9H15N3S/c1-5-3-7(5)4-11-9-6(2)8(10)12-13-9/h5,7,11H,3-4H2,1-2H3,(H2,10,12). The smallest absolute Gasteiger partial charge is 0.142 e. The predicted octanol–water partition coefficient (Wildman–Crippen LogP) is 2.10. The average molecular weight is 197 g/mol. The van der Waals surface area contributed by atoms with Gasteiger partial charge in [0.1, 0.15) is 10.8 Å². The van der Waals surface area contributed by atoms with E-state index in [9.17, 15) is 0 Å². The molecular weight excluding hydrogens is 182 g/mol. The fourth-order valence-electron chi connectivity index (χ4n) is 1.42. The van der Waals surface area contributed by atoms with E-state index in [1.54, 1.807) is 0 Å². The molecule has 2 unspecified atom stereocenters. The Morgan fingerprint density at radius 3 is 2.85 bits per heavy atom. The lowest BCUT2D eigenvalue weighted by Crippen LogP contribution is -2.03. The van der Waals surface area contributed by atoms with Crippen molar-refractivity contribution in [1.82, 2.24) is 4.37 Å². The normalized spacial score (nSPS) is 26.0. The molecule has 0 aliphatic heterocycles. The summed E-state index contributed by atoms with van der Waals surface area (Å²) in [6.45, 7) is 5.38. The van der Waals surface area contributed by atoms with Crippen LogP contribution in [0.4, 0.5) is 10.8 Å². The van der Waals surface area contributed by atoms with Gasteiger partial charge in [-0.2, -0.15) is 4.37 Å². The van der Waals surface area contributed by atoms with Crippen molar-refractivity contribution in [3.05, 3.63) is 5.56 Å². The second-order valence-corrected chi connectivity index (χ2v) is 4.65. The summed E-state index contributed by atoms with van der Waals surface area (Å²) in [4.78, 5) is 0. The molecule has 3 nitrogen and oxygen atoms in total. The summed E-state index contributed by atoms with van der Waals surface area (Å²) in [7, 11) is 0. The van der Waals surface area contributed by atoms with Crippen LogP contribution < -0.4 is 11.1 Å². The van der Waals surface area contributed by atoms with Gasteiger partial charge in [0.25, 0.3) is 0 Å². The first-order chi connectivity index (χ1) is 6.18. The summed E-state index contributed by atoms with van der Waals surface area (Å²) in [6.07, 6.45) is 1.36. The molecule has 1 aromatic heterocycles. The van der Waals surface area contributed by atoms with Crippen molar-refractivity contribution in [2.45, 2.75) is 20.3 Å². The third-order valence-corrected chi connectivity index (χ3v) is 3.68. The predicted molar refractivity (Wildman–Crippen MR) is 57.0 cm³/mol. The fourth-order valence-corrected chi connectivity index (χ4v) is 2.14. The van der Waals surface area contributed by atoms with Crippen molar-refractivity contribution in [3.8, 4) is 0 Å². The van der Waals surface area contributed by atoms with E-state index in [0.717, 1.165) is 28.9 Å². The number of hydrogen-bond donors (Lipinski definition) is 2. The van der Waals surface area contributed by atoms with Crippen molar-refractivity contribution in [1.29, 1.82) is 0 Å². The van der Waals surface area contributed by atoms with Crippen molar-refractivity contribution in [2.24, 2.45) is 11.8 Å². The summed E-state index contributed by atoms with van der Waals surface area (Å²) in [5.41, 5.74) is 6.74. The number of anilines is 2. The molecule has 2 rings (SSSR count). The van der Waals surface area contributed by atoms with Crippen LogP contribution in [0.5, 0.6) is 0 Å². The van der Waals surface area contributed by atoms with Gasteiger partial charge in [-0.15, -0.1) is 0 Å². The molecule has 1 saturated carbocycles. The van der Waals surface area contributed by atoms with Crippen LogP contribution in [0.3, 0.4) is 0 Å². The van der Waals surface area contributed by atoms with E-state index in [1.807, 2.05) is 6.92 Å². The maximum absolute atomic E-state index is 5.65. The highest BCUT2D eigenvalue weighted by Gasteiger charge is 2.32. The molecule has 0 saturated heterocycles. The summed E-state index contributed by atoms with van der Waals surface area (Å²) in [5, 5.41) is 4.54. The van der Waals surface area contributed by atoms with Gasteiger partial charge in [0.05, 0.1) is 0 Å². The van der Waals surface area contributed by atoms with E-state index >= 15 is 0 Å². The lowest BCUT2D eigenvalue weighted by molar-refractivity contribution is 0.788. The van der Waals surface area contributed by atoms with Gasteiger partial charge >= 0.3 is 0 Å². The summed E-state index contributed by atoms with van der Waals surface area (Å²) in [6, 6.07) is 0. The minimum Gasteiger partial charge on any atom is -0.383 e. The molecule has 4 heteroatoms. The van der Waals surface area contributed by atoms with Crippen LogP contribution in [0.25, 0.3) is 0 Å². The van der Waals surface area contributed by atoms with E-state index in [0.29, 0.717) is 5.82 Å². The molecule has 3 N–H and O–H groups in total. The van der Waals surface area contributed by atoms with Crippen LogP contribution in [0, 0.1) is 18.8 Å². The van der Waals surface area contributed by atoms with Crippen LogP contribution in [0.15, 0.2) is 0 Å². The lowest BCUT2D eigenvalue weighted by Gasteiger charge is -2.02. The van der Waals surface area contributed by atoms with Crippen LogP contribution >= 0.6 is 11.5 Å². The quantitative estimate of drug-likeness (QED) is 0.780. The topological polar surface area (TPSA) is 50.9 Å². The minimum absolute atomic E-state index is 0.663. The van der Waals surface area contributed by atoms with E-state index in [4.69, 9.17) is 5.73 Å². The fraction of sp³-hybridized carbons (Fsp3) is 0.667. The number of rotatable bonds is 3. The second kappa shape index (κ2) is 3.18. The largest absolute Gasteiger partial charge is 0.383 e. The molecule has 1 fully saturated rings. The van der Waals surface area contributed by atoms with Gasteiger partial charge in [-0.1, -0.05) is 6.92 Å². The highest BCUT2D eigenvalue weighted by atomic mass is 32.1. The first-order valence-electron chi connectivity index (χ1n) is 4.64. The van der Waals surface area contributed by atoms with Gasteiger partial charge in [-0.25, -0.2) is 0 Å². The van der Waals surface area contributed by atoms with E-state index in [1.165, 1.54) is 18.0 Å². The zero-order valence-electron chi connectivity index (χ0n) is 8.00. The van der Waals surface area contributed by atoms with Crippen LogP contribution in [-0.4, -0.2) is 10.9 Å². The van der Waals surface area contributed by atoms with Crippen molar-refractivity contribution < 1.29 is 0 Å². The number of nitrogens with two attached hydrogens (primary N) is 1. The molecule has 1 heterocycles. The monoisotopic (exact) mass is 197 g/mol. The third-order valence-electron chi connectivity index (χ3n) is 2.76. The molecule has 0 aromatic carbocycles. The number of nitrogens with zero attached hydrogens (tertiary/aromatic N) is 1. The third kappa shape index (κ3) is 1.77. The molecule has 72 valence electrons. The van der Waals surface area contributed by atoms with Gasteiger partial charge in [-0.3, -0.25) is 0 Å². The van der Waals surface area contributed by atoms with Crippen molar-refractivity contribution in [2.75, 3.05) is 17.6 Å². The molecule has 0 spiro atoms. The van der Waals surface area contributed by atoms with Gasteiger partial charge < -0.3 is 11.1 Å².